The predicted octanol–water partition coefficient (Wildman–Crippen LogP) is 2.06. The Balaban J connectivity index is 2.54. The Morgan fingerprint density at radius 1 is 1.44 bits per heavy atom. The Kier molecular flexibility index (Phi) is 4.78. The fraction of sp³-hybridized carbons (Fsp3) is 0.923. The van der Waals surface area contributed by atoms with Gasteiger partial charge in [-0.05, 0) is 38.5 Å². The first kappa shape index (κ1) is 13.5. The number of carbonyl (C=O) groups is 1. The molecule has 0 aromatic rings. The Labute approximate surface area is 99.2 Å². The van der Waals surface area contributed by atoms with Crippen molar-refractivity contribution >= 4 is 5.91 Å². The van der Waals surface area contributed by atoms with Crippen molar-refractivity contribution < 1.29 is 4.79 Å². The highest BCUT2D eigenvalue weighted by atomic mass is 16.2. The Morgan fingerprint density at radius 3 is 2.31 bits per heavy atom. The molecule has 3 heteroatoms. The van der Waals surface area contributed by atoms with Crippen molar-refractivity contribution in [3.63, 3.8) is 0 Å². The first-order chi connectivity index (χ1) is 7.59. The summed E-state index contributed by atoms with van der Waals surface area (Å²) in [6.07, 6.45) is 5.48. The summed E-state index contributed by atoms with van der Waals surface area (Å²) in [7, 11) is 0. The highest BCUT2D eigenvalue weighted by molar-refractivity contribution is 5.83. The smallest absolute Gasteiger partial charge is 0.227 e. The Morgan fingerprint density at radius 2 is 2.00 bits per heavy atom. The second-order valence-corrected chi connectivity index (χ2v) is 5.14. The summed E-state index contributed by atoms with van der Waals surface area (Å²) in [5.74, 6) is 0.840. The lowest BCUT2D eigenvalue weighted by Gasteiger charge is -2.36. The zero-order valence-corrected chi connectivity index (χ0v) is 10.9. The number of nitrogens with two attached hydrogens (primary N) is 1. The monoisotopic (exact) mass is 226 g/mol. The van der Waals surface area contributed by atoms with Crippen molar-refractivity contribution in [3.8, 4) is 0 Å². The van der Waals surface area contributed by atoms with E-state index in [1.54, 1.807) is 0 Å². The lowest BCUT2D eigenvalue weighted by atomic mass is 9.78. The molecule has 0 radical (unpaired) electrons. The van der Waals surface area contributed by atoms with Crippen molar-refractivity contribution in [1.82, 2.24) is 5.32 Å². The molecule has 0 aromatic heterocycles. The van der Waals surface area contributed by atoms with Crippen molar-refractivity contribution in [2.75, 3.05) is 6.54 Å². The molecule has 1 amide bonds. The van der Waals surface area contributed by atoms with Gasteiger partial charge in [0.05, 0.1) is 5.41 Å². The van der Waals surface area contributed by atoms with E-state index in [9.17, 15) is 4.79 Å². The van der Waals surface area contributed by atoms with E-state index in [4.69, 9.17) is 5.73 Å². The number of hydrogen-bond donors (Lipinski definition) is 2. The van der Waals surface area contributed by atoms with Crippen LogP contribution in [0.2, 0.25) is 0 Å². The van der Waals surface area contributed by atoms with E-state index in [0.717, 1.165) is 12.8 Å². The average molecular weight is 226 g/mol. The standard InChI is InChI=1S/C13H26N2O/c1-4-13(5-2,9-14)12(16)15-10(3)11-7-6-8-11/h10-11H,4-9,14H2,1-3H3,(H,15,16). The molecule has 1 rings (SSSR count). The van der Waals surface area contributed by atoms with Crippen molar-refractivity contribution in [2.24, 2.45) is 17.1 Å². The van der Waals surface area contributed by atoms with Gasteiger partial charge >= 0.3 is 0 Å². The summed E-state index contributed by atoms with van der Waals surface area (Å²) < 4.78 is 0. The predicted molar refractivity (Wildman–Crippen MR) is 67.0 cm³/mol. The first-order valence-corrected chi connectivity index (χ1v) is 6.60. The molecule has 1 aliphatic carbocycles. The molecule has 94 valence electrons. The summed E-state index contributed by atoms with van der Waals surface area (Å²) in [5.41, 5.74) is 5.42. The van der Waals surface area contributed by atoms with Gasteiger partial charge in [-0.1, -0.05) is 20.3 Å². The largest absolute Gasteiger partial charge is 0.353 e. The maximum Gasteiger partial charge on any atom is 0.227 e. The second-order valence-electron chi connectivity index (χ2n) is 5.14. The number of carbonyl (C=O) groups excluding carboxylic acids is 1. The van der Waals surface area contributed by atoms with Gasteiger partial charge in [0.25, 0.3) is 0 Å². The van der Waals surface area contributed by atoms with Crippen LogP contribution in [0, 0.1) is 11.3 Å². The molecule has 0 aliphatic heterocycles. The highest BCUT2D eigenvalue weighted by Crippen LogP contribution is 2.31. The van der Waals surface area contributed by atoms with E-state index >= 15 is 0 Å². The lowest BCUT2D eigenvalue weighted by molar-refractivity contribution is -0.132. The molecular formula is C13H26N2O. The van der Waals surface area contributed by atoms with Gasteiger partial charge in [0.2, 0.25) is 5.91 Å². The summed E-state index contributed by atoms with van der Waals surface area (Å²) in [4.78, 5) is 12.2. The van der Waals surface area contributed by atoms with E-state index in [0.29, 0.717) is 18.5 Å². The Hall–Kier alpha value is -0.570. The van der Waals surface area contributed by atoms with Gasteiger partial charge in [-0.15, -0.1) is 0 Å². The van der Waals surface area contributed by atoms with Crippen LogP contribution < -0.4 is 11.1 Å². The van der Waals surface area contributed by atoms with Gasteiger partial charge < -0.3 is 11.1 Å². The third kappa shape index (κ3) is 2.57. The molecule has 0 spiro atoms. The van der Waals surface area contributed by atoms with Crippen molar-refractivity contribution in [1.29, 1.82) is 0 Å². The minimum absolute atomic E-state index is 0.152. The first-order valence-electron chi connectivity index (χ1n) is 6.60. The number of hydrogen-bond acceptors (Lipinski definition) is 2. The highest BCUT2D eigenvalue weighted by Gasteiger charge is 2.35. The van der Waals surface area contributed by atoms with Crippen LogP contribution in [-0.4, -0.2) is 18.5 Å². The molecule has 0 bridgehead atoms. The molecule has 3 N–H and O–H groups in total. The molecule has 1 atom stereocenters. The van der Waals surface area contributed by atoms with Crippen LogP contribution in [0.3, 0.4) is 0 Å². The normalized spacial score (nSPS) is 19.0. The maximum atomic E-state index is 12.2. The second kappa shape index (κ2) is 5.67. The van der Waals surface area contributed by atoms with Crippen molar-refractivity contribution in [2.45, 2.75) is 58.9 Å². The molecule has 1 aliphatic rings. The van der Waals surface area contributed by atoms with Crippen LogP contribution in [0.15, 0.2) is 0 Å². The zero-order valence-electron chi connectivity index (χ0n) is 10.9. The summed E-state index contributed by atoms with van der Waals surface area (Å²) >= 11 is 0. The quantitative estimate of drug-likeness (QED) is 0.728. The van der Waals surface area contributed by atoms with Gasteiger partial charge in [0, 0.05) is 12.6 Å². The topological polar surface area (TPSA) is 55.1 Å². The molecule has 16 heavy (non-hydrogen) atoms. The Bertz CT molecular complexity index is 224. The average Bonchev–Trinajstić information content (AvgIpc) is 2.18. The van der Waals surface area contributed by atoms with Crippen LogP contribution in [0.5, 0.6) is 0 Å². The lowest BCUT2D eigenvalue weighted by Crippen LogP contribution is -2.50. The minimum atomic E-state index is -0.349. The summed E-state index contributed by atoms with van der Waals surface area (Å²) in [5, 5.41) is 3.16. The third-order valence-corrected chi connectivity index (χ3v) is 4.44. The van der Waals surface area contributed by atoms with Gasteiger partial charge in [-0.3, -0.25) is 4.79 Å². The number of nitrogens with one attached hydrogen (secondary N) is 1. The van der Waals surface area contributed by atoms with E-state index in [-0.39, 0.29) is 11.3 Å². The van der Waals surface area contributed by atoms with Crippen LogP contribution in [0.4, 0.5) is 0 Å². The molecule has 1 fully saturated rings. The minimum Gasteiger partial charge on any atom is -0.353 e. The number of rotatable bonds is 6. The van der Waals surface area contributed by atoms with Gasteiger partial charge in [-0.2, -0.15) is 0 Å². The SMILES string of the molecule is CCC(CC)(CN)C(=O)NC(C)C1CCC1. The zero-order chi connectivity index (χ0) is 12.2. The molecule has 0 heterocycles. The molecular weight excluding hydrogens is 200 g/mol. The van der Waals surface area contributed by atoms with E-state index < -0.39 is 0 Å². The molecule has 0 aromatic carbocycles. The van der Waals surface area contributed by atoms with Crippen molar-refractivity contribution in [3.05, 3.63) is 0 Å². The van der Waals surface area contributed by atoms with Gasteiger partial charge in [0.1, 0.15) is 0 Å². The fourth-order valence-electron chi connectivity index (χ4n) is 2.37. The maximum absolute atomic E-state index is 12.2. The molecule has 1 saturated carbocycles. The molecule has 3 nitrogen and oxygen atoms in total. The summed E-state index contributed by atoms with van der Waals surface area (Å²) in [6.45, 7) is 6.66. The van der Waals surface area contributed by atoms with Crippen LogP contribution >= 0.6 is 0 Å². The van der Waals surface area contributed by atoms with Gasteiger partial charge in [0.15, 0.2) is 0 Å². The van der Waals surface area contributed by atoms with Gasteiger partial charge in [-0.25, -0.2) is 0 Å². The van der Waals surface area contributed by atoms with E-state index in [2.05, 4.69) is 12.2 Å². The van der Waals surface area contributed by atoms with E-state index in [1.807, 2.05) is 13.8 Å². The summed E-state index contributed by atoms with van der Waals surface area (Å²) in [6, 6.07) is 0.310. The van der Waals surface area contributed by atoms with Crippen LogP contribution in [-0.2, 0) is 4.79 Å². The fourth-order valence-corrected chi connectivity index (χ4v) is 2.37. The van der Waals surface area contributed by atoms with Crippen LogP contribution in [0.25, 0.3) is 0 Å². The third-order valence-electron chi connectivity index (χ3n) is 4.44. The molecule has 1 unspecified atom stereocenters. The van der Waals surface area contributed by atoms with E-state index in [1.165, 1.54) is 19.3 Å². The van der Waals surface area contributed by atoms with Crippen LogP contribution in [0.1, 0.15) is 52.9 Å². The molecule has 0 saturated heterocycles. The number of amides is 1.